The van der Waals surface area contributed by atoms with Crippen LogP contribution < -0.4 is 5.32 Å². The summed E-state index contributed by atoms with van der Waals surface area (Å²) in [4.78, 5) is 0. The highest BCUT2D eigenvalue weighted by Gasteiger charge is 2.20. The van der Waals surface area contributed by atoms with E-state index in [1.54, 1.807) is 0 Å². The summed E-state index contributed by atoms with van der Waals surface area (Å²) in [6, 6.07) is 7.74. The van der Waals surface area contributed by atoms with Crippen molar-refractivity contribution in [3.05, 3.63) is 34.9 Å². The van der Waals surface area contributed by atoms with Crippen molar-refractivity contribution >= 4 is 11.6 Å². The molecule has 3 unspecified atom stereocenters. The highest BCUT2D eigenvalue weighted by atomic mass is 35.5. The minimum Gasteiger partial charge on any atom is -0.389 e. The Bertz CT molecular complexity index is 427. The second-order valence-electron chi connectivity index (χ2n) is 6.14. The molecule has 0 aliphatic heterocycles. The third-order valence-corrected chi connectivity index (χ3v) is 4.25. The number of halogens is 1. The minimum absolute atomic E-state index is 0.330. The molecule has 2 rings (SSSR count). The molecule has 3 nitrogen and oxygen atoms in total. The summed E-state index contributed by atoms with van der Waals surface area (Å²) in [5.41, 5.74) is 1.12. The van der Waals surface area contributed by atoms with E-state index in [2.05, 4.69) is 12.2 Å². The average molecular weight is 312 g/mol. The van der Waals surface area contributed by atoms with Crippen LogP contribution in [0.3, 0.4) is 0 Å². The minimum atomic E-state index is -0.457. The summed E-state index contributed by atoms with van der Waals surface area (Å²) in [7, 11) is 0. The highest BCUT2D eigenvalue weighted by molar-refractivity contribution is 6.30. The van der Waals surface area contributed by atoms with Gasteiger partial charge in [0.15, 0.2) is 0 Å². The summed E-state index contributed by atoms with van der Waals surface area (Å²) in [6.07, 6.45) is 4.69. The molecular weight excluding hydrogens is 286 g/mol. The van der Waals surface area contributed by atoms with Gasteiger partial charge in [-0.3, -0.25) is 0 Å². The predicted molar refractivity (Wildman–Crippen MR) is 86.5 cm³/mol. The molecule has 0 bridgehead atoms. The lowest BCUT2D eigenvalue weighted by Crippen LogP contribution is -2.33. The van der Waals surface area contributed by atoms with Gasteiger partial charge in [0.2, 0.25) is 0 Å². The van der Waals surface area contributed by atoms with Crippen molar-refractivity contribution in [1.29, 1.82) is 0 Å². The second kappa shape index (κ2) is 8.74. The Morgan fingerprint density at radius 1 is 1.43 bits per heavy atom. The zero-order valence-corrected chi connectivity index (χ0v) is 13.5. The molecule has 1 fully saturated rings. The van der Waals surface area contributed by atoms with Crippen LogP contribution in [-0.4, -0.2) is 30.5 Å². The summed E-state index contributed by atoms with van der Waals surface area (Å²) in [6.45, 7) is 3.94. The second-order valence-corrected chi connectivity index (χ2v) is 6.58. The number of rotatable bonds is 7. The molecule has 1 aromatic rings. The molecule has 0 spiro atoms. The van der Waals surface area contributed by atoms with E-state index in [1.165, 1.54) is 12.8 Å². The summed E-state index contributed by atoms with van der Waals surface area (Å²) in [5, 5.41) is 13.9. The van der Waals surface area contributed by atoms with Gasteiger partial charge >= 0.3 is 0 Å². The molecular formula is C17H26ClNO2. The van der Waals surface area contributed by atoms with Crippen molar-refractivity contribution in [1.82, 2.24) is 5.32 Å². The quantitative estimate of drug-likeness (QED) is 0.811. The van der Waals surface area contributed by atoms with Crippen LogP contribution in [0.5, 0.6) is 0 Å². The van der Waals surface area contributed by atoms with E-state index in [-0.39, 0.29) is 0 Å². The largest absolute Gasteiger partial charge is 0.389 e. The van der Waals surface area contributed by atoms with Gasteiger partial charge in [-0.05, 0) is 36.5 Å². The van der Waals surface area contributed by atoms with Gasteiger partial charge in [0.25, 0.3) is 0 Å². The van der Waals surface area contributed by atoms with E-state index in [9.17, 15) is 5.11 Å². The summed E-state index contributed by atoms with van der Waals surface area (Å²) in [5.74, 6) is 0.752. The molecule has 0 amide bonds. The molecule has 1 saturated carbocycles. The molecule has 0 heterocycles. The highest BCUT2D eigenvalue weighted by Crippen LogP contribution is 2.25. The first-order valence-electron chi connectivity index (χ1n) is 7.88. The van der Waals surface area contributed by atoms with Crippen LogP contribution in [0.2, 0.25) is 5.02 Å². The number of nitrogens with one attached hydrogen (secondary N) is 1. The van der Waals surface area contributed by atoms with E-state index in [4.69, 9.17) is 16.3 Å². The van der Waals surface area contributed by atoms with Crippen LogP contribution in [0, 0.1) is 5.92 Å². The molecule has 0 aromatic heterocycles. The lowest BCUT2D eigenvalue weighted by atomic mass is 9.89. The molecule has 21 heavy (non-hydrogen) atoms. The smallest absolute Gasteiger partial charge is 0.0897 e. The standard InChI is InChI=1S/C17H26ClNO2/c1-13-4-2-7-17(8-13)21-12-16(20)11-19-10-14-5-3-6-15(18)9-14/h3,5-6,9,13,16-17,19-20H,2,4,7-8,10-12H2,1H3. The fourth-order valence-electron chi connectivity index (χ4n) is 2.87. The topological polar surface area (TPSA) is 41.5 Å². The first-order chi connectivity index (χ1) is 10.1. The third kappa shape index (κ3) is 6.35. The van der Waals surface area contributed by atoms with Crippen molar-refractivity contribution in [2.45, 2.75) is 51.4 Å². The Morgan fingerprint density at radius 2 is 2.29 bits per heavy atom. The van der Waals surface area contributed by atoms with Gasteiger partial charge in [-0.1, -0.05) is 43.5 Å². The van der Waals surface area contributed by atoms with E-state index >= 15 is 0 Å². The molecule has 0 saturated heterocycles. The SMILES string of the molecule is CC1CCCC(OCC(O)CNCc2cccc(Cl)c2)C1. The van der Waals surface area contributed by atoms with Crippen LogP contribution >= 0.6 is 11.6 Å². The zero-order chi connectivity index (χ0) is 15.1. The maximum atomic E-state index is 9.96. The van der Waals surface area contributed by atoms with Crippen molar-refractivity contribution in [3.63, 3.8) is 0 Å². The molecule has 118 valence electrons. The monoisotopic (exact) mass is 311 g/mol. The first-order valence-corrected chi connectivity index (χ1v) is 8.26. The van der Waals surface area contributed by atoms with Crippen LogP contribution in [0.1, 0.15) is 38.2 Å². The molecule has 2 N–H and O–H groups in total. The predicted octanol–water partition coefficient (Wildman–Crippen LogP) is 3.39. The van der Waals surface area contributed by atoms with E-state index in [1.807, 2.05) is 24.3 Å². The molecule has 0 radical (unpaired) electrons. The number of hydrogen-bond acceptors (Lipinski definition) is 3. The Kier molecular flexibility index (Phi) is 6.97. The van der Waals surface area contributed by atoms with Gasteiger partial charge in [0.05, 0.1) is 18.8 Å². The Balaban J connectivity index is 1.60. The Morgan fingerprint density at radius 3 is 3.05 bits per heavy atom. The number of ether oxygens (including phenoxy) is 1. The number of hydrogen-bond donors (Lipinski definition) is 2. The number of aliphatic hydroxyl groups excluding tert-OH is 1. The van der Waals surface area contributed by atoms with Crippen LogP contribution in [0.15, 0.2) is 24.3 Å². The van der Waals surface area contributed by atoms with Gasteiger partial charge in [-0.15, -0.1) is 0 Å². The lowest BCUT2D eigenvalue weighted by molar-refractivity contribution is -0.0306. The van der Waals surface area contributed by atoms with Crippen LogP contribution in [0.25, 0.3) is 0 Å². The van der Waals surface area contributed by atoms with Gasteiger partial charge in [-0.2, -0.15) is 0 Å². The van der Waals surface area contributed by atoms with Crippen LogP contribution in [-0.2, 0) is 11.3 Å². The van der Waals surface area contributed by atoms with E-state index in [0.717, 1.165) is 29.3 Å². The van der Waals surface area contributed by atoms with Gasteiger partial charge in [0, 0.05) is 18.1 Å². The normalized spacial score (nSPS) is 24.0. The Hall–Kier alpha value is -0.610. The molecule has 1 aromatic carbocycles. The summed E-state index contributed by atoms with van der Waals surface area (Å²) >= 11 is 5.94. The van der Waals surface area contributed by atoms with Crippen molar-refractivity contribution < 1.29 is 9.84 Å². The maximum Gasteiger partial charge on any atom is 0.0897 e. The van der Waals surface area contributed by atoms with Crippen LogP contribution in [0.4, 0.5) is 0 Å². The fraction of sp³-hybridized carbons (Fsp3) is 0.647. The molecule has 1 aliphatic rings. The zero-order valence-electron chi connectivity index (χ0n) is 12.7. The van der Waals surface area contributed by atoms with Gasteiger partial charge in [-0.25, -0.2) is 0 Å². The fourth-order valence-corrected chi connectivity index (χ4v) is 3.08. The van der Waals surface area contributed by atoms with Crippen molar-refractivity contribution in [2.75, 3.05) is 13.2 Å². The van der Waals surface area contributed by atoms with Gasteiger partial charge in [0.1, 0.15) is 0 Å². The molecule has 1 aliphatic carbocycles. The Labute approximate surface area is 132 Å². The number of aliphatic hydroxyl groups is 1. The van der Waals surface area contributed by atoms with E-state index < -0.39 is 6.10 Å². The third-order valence-electron chi connectivity index (χ3n) is 4.01. The molecule has 4 heteroatoms. The lowest BCUT2D eigenvalue weighted by Gasteiger charge is -2.27. The maximum absolute atomic E-state index is 9.96. The van der Waals surface area contributed by atoms with Crippen molar-refractivity contribution in [2.24, 2.45) is 5.92 Å². The van der Waals surface area contributed by atoms with E-state index in [0.29, 0.717) is 25.8 Å². The van der Waals surface area contributed by atoms with Gasteiger partial charge < -0.3 is 15.2 Å². The van der Waals surface area contributed by atoms with Crippen molar-refractivity contribution in [3.8, 4) is 0 Å². The number of benzene rings is 1. The average Bonchev–Trinajstić information content (AvgIpc) is 2.45. The summed E-state index contributed by atoms with van der Waals surface area (Å²) < 4.78 is 5.83. The first kappa shape index (κ1) is 16.8. The molecule has 3 atom stereocenters.